The van der Waals surface area contributed by atoms with Crippen molar-refractivity contribution in [2.45, 2.75) is 23.8 Å². The molecule has 1 aliphatic heterocycles. The second-order valence-electron chi connectivity index (χ2n) is 8.90. The van der Waals surface area contributed by atoms with Gasteiger partial charge in [0, 0.05) is 42.7 Å². The predicted molar refractivity (Wildman–Crippen MR) is 154 cm³/mol. The zero-order valence-electron chi connectivity index (χ0n) is 21.5. The summed E-state index contributed by atoms with van der Waals surface area (Å²) >= 11 is 14.0. The number of rotatable bonds is 9. The Labute approximate surface area is 241 Å². The summed E-state index contributed by atoms with van der Waals surface area (Å²) in [4.78, 5) is 53.4. The lowest BCUT2D eigenvalue weighted by molar-refractivity contribution is -0.142. The van der Waals surface area contributed by atoms with E-state index in [2.05, 4.69) is 10.6 Å². The fraction of sp³-hybridized carbons (Fsp3) is 0.333. The van der Waals surface area contributed by atoms with Gasteiger partial charge < -0.3 is 20.6 Å². The topological polar surface area (TPSA) is 119 Å². The van der Waals surface area contributed by atoms with Gasteiger partial charge in [-0.05, 0) is 48.9 Å². The van der Waals surface area contributed by atoms with Crippen molar-refractivity contribution in [3.05, 3.63) is 64.1 Å². The molecule has 0 spiro atoms. The van der Waals surface area contributed by atoms with Crippen LogP contribution in [0.4, 0.5) is 10.5 Å². The minimum absolute atomic E-state index is 0.219. The standard InChI is InChI=1S/C27H30Cl2N4O5S/c1-32(19-6-4-3-5-7-19)27(38)30-16-20(26(36)37)31-25(35)18-12-14-33(15-13-18)22(34)11-9-17-8-10-21(39-2)24(29)23(17)28/h3-11,18,20H,12-16H2,1-2H3,(H,30,38)(H,31,35)(H,36,37)/t20-/m0/s1. The Morgan fingerprint density at radius 3 is 2.38 bits per heavy atom. The number of anilines is 1. The molecule has 2 aromatic rings. The number of halogens is 2. The summed E-state index contributed by atoms with van der Waals surface area (Å²) in [6, 6.07) is 10.7. The predicted octanol–water partition coefficient (Wildman–Crippen LogP) is 4.38. The third kappa shape index (κ3) is 8.14. The highest BCUT2D eigenvalue weighted by atomic mass is 35.5. The number of hydrogen-bond acceptors (Lipinski definition) is 5. The molecule has 0 aliphatic carbocycles. The summed E-state index contributed by atoms with van der Waals surface area (Å²) in [7, 11) is 1.56. The van der Waals surface area contributed by atoms with Gasteiger partial charge in [0.15, 0.2) is 0 Å². The molecule has 1 aliphatic rings. The van der Waals surface area contributed by atoms with E-state index in [1.165, 1.54) is 22.7 Å². The molecule has 0 radical (unpaired) electrons. The third-order valence-electron chi connectivity index (χ3n) is 6.40. The zero-order valence-corrected chi connectivity index (χ0v) is 23.9. The fourth-order valence-electron chi connectivity index (χ4n) is 4.03. The molecule has 0 saturated carbocycles. The third-order valence-corrected chi connectivity index (χ3v) is 8.19. The molecular weight excluding hydrogens is 563 g/mol. The van der Waals surface area contributed by atoms with E-state index < -0.39 is 29.9 Å². The van der Waals surface area contributed by atoms with Crippen LogP contribution in [0.15, 0.2) is 53.4 Å². The van der Waals surface area contributed by atoms with E-state index in [9.17, 15) is 24.3 Å². The number of nitrogens with zero attached hydrogens (tertiary/aromatic N) is 2. The maximum absolute atomic E-state index is 12.8. The monoisotopic (exact) mass is 592 g/mol. The van der Waals surface area contributed by atoms with Crippen LogP contribution < -0.4 is 15.5 Å². The summed E-state index contributed by atoms with van der Waals surface area (Å²) in [6.07, 6.45) is 5.70. The molecule has 9 nitrogen and oxygen atoms in total. The van der Waals surface area contributed by atoms with Gasteiger partial charge in [-0.15, -0.1) is 11.8 Å². The Morgan fingerprint density at radius 2 is 1.77 bits per heavy atom. The molecule has 1 saturated heterocycles. The quantitative estimate of drug-likeness (QED) is 0.293. The summed E-state index contributed by atoms with van der Waals surface area (Å²) in [5, 5.41) is 15.4. The lowest BCUT2D eigenvalue weighted by atomic mass is 9.95. The molecule has 0 aromatic heterocycles. The molecule has 4 amide bonds. The van der Waals surface area contributed by atoms with Crippen molar-refractivity contribution in [1.29, 1.82) is 0 Å². The van der Waals surface area contributed by atoms with Gasteiger partial charge in [-0.1, -0.05) is 47.5 Å². The SMILES string of the molecule is CSc1ccc(C=CC(=O)N2CCC(C(=O)N[C@@H](CNC(=O)N(C)c3ccccc3)C(=O)O)CC2)c(Cl)c1Cl. The van der Waals surface area contributed by atoms with Crippen molar-refractivity contribution in [2.24, 2.45) is 5.92 Å². The van der Waals surface area contributed by atoms with Crippen molar-refractivity contribution in [3.63, 3.8) is 0 Å². The normalized spacial score (nSPS) is 14.6. The number of carboxylic acids is 1. The van der Waals surface area contributed by atoms with E-state index in [-0.39, 0.29) is 12.5 Å². The molecule has 1 fully saturated rings. The van der Waals surface area contributed by atoms with Crippen molar-refractivity contribution < 1.29 is 24.3 Å². The lowest BCUT2D eigenvalue weighted by Gasteiger charge is -2.31. The first-order chi connectivity index (χ1) is 18.6. The number of aliphatic carboxylic acids is 1. The van der Waals surface area contributed by atoms with Gasteiger partial charge in [-0.3, -0.25) is 14.5 Å². The van der Waals surface area contributed by atoms with Crippen LogP contribution in [0, 0.1) is 5.92 Å². The van der Waals surface area contributed by atoms with Crippen LogP contribution in [-0.2, 0) is 14.4 Å². The summed E-state index contributed by atoms with van der Waals surface area (Å²) in [6.45, 7) is 0.415. The minimum atomic E-state index is -1.29. The van der Waals surface area contributed by atoms with Crippen LogP contribution in [-0.4, -0.2) is 72.8 Å². The van der Waals surface area contributed by atoms with Crippen molar-refractivity contribution in [2.75, 3.05) is 37.8 Å². The Kier molecular flexibility index (Phi) is 11.1. The largest absolute Gasteiger partial charge is 0.480 e. The number of likely N-dealkylation sites (tertiary alicyclic amines) is 1. The number of nitrogens with one attached hydrogen (secondary N) is 2. The molecule has 0 unspecified atom stereocenters. The van der Waals surface area contributed by atoms with E-state index in [1.54, 1.807) is 48.4 Å². The van der Waals surface area contributed by atoms with Crippen LogP contribution in [0.1, 0.15) is 18.4 Å². The van der Waals surface area contributed by atoms with Gasteiger partial charge in [-0.2, -0.15) is 0 Å². The average Bonchev–Trinajstić information content (AvgIpc) is 2.95. The number of carboxylic acid groups (broad SMARTS) is 1. The van der Waals surface area contributed by atoms with E-state index in [0.717, 1.165) is 4.90 Å². The Balaban J connectivity index is 1.49. The molecule has 3 rings (SSSR count). The van der Waals surface area contributed by atoms with Gasteiger partial charge in [-0.25, -0.2) is 9.59 Å². The first-order valence-electron chi connectivity index (χ1n) is 12.2. The summed E-state index contributed by atoms with van der Waals surface area (Å²) in [5.41, 5.74) is 1.27. The van der Waals surface area contributed by atoms with Gasteiger partial charge in [0.2, 0.25) is 11.8 Å². The lowest BCUT2D eigenvalue weighted by Crippen LogP contribution is -2.52. The second-order valence-corrected chi connectivity index (χ2v) is 10.5. The van der Waals surface area contributed by atoms with Crippen LogP contribution >= 0.6 is 35.0 Å². The molecule has 39 heavy (non-hydrogen) atoms. The van der Waals surface area contributed by atoms with Crippen LogP contribution in [0.25, 0.3) is 6.08 Å². The zero-order chi connectivity index (χ0) is 28.5. The number of carbonyl (C=O) groups is 4. The highest BCUT2D eigenvalue weighted by molar-refractivity contribution is 7.98. The van der Waals surface area contributed by atoms with Crippen LogP contribution in [0.2, 0.25) is 10.0 Å². The van der Waals surface area contributed by atoms with Crippen LogP contribution in [0.5, 0.6) is 0 Å². The fourth-order valence-corrected chi connectivity index (χ4v) is 5.20. The number of thioether (sulfide) groups is 1. The van der Waals surface area contributed by atoms with Gasteiger partial charge in [0.25, 0.3) is 0 Å². The van der Waals surface area contributed by atoms with Crippen molar-refractivity contribution >= 4 is 70.5 Å². The molecule has 12 heteroatoms. The van der Waals surface area contributed by atoms with Crippen molar-refractivity contribution in [1.82, 2.24) is 15.5 Å². The number of hydrogen-bond donors (Lipinski definition) is 3. The van der Waals surface area contributed by atoms with E-state index in [0.29, 0.717) is 47.2 Å². The average molecular weight is 594 g/mol. The van der Waals surface area contributed by atoms with Crippen molar-refractivity contribution in [3.8, 4) is 0 Å². The molecule has 3 N–H and O–H groups in total. The molecule has 2 aromatic carbocycles. The number of benzene rings is 2. The number of piperidine rings is 1. The van der Waals surface area contributed by atoms with E-state index >= 15 is 0 Å². The van der Waals surface area contributed by atoms with E-state index in [4.69, 9.17) is 23.2 Å². The number of amides is 4. The summed E-state index contributed by atoms with van der Waals surface area (Å²) < 4.78 is 0. The summed E-state index contributed by atoms with van der Waals surface area (Å²) in [5.74, 6) is -2.35. The maximum atomic E-state index is 12.8. The number of carbonyl (C=O) groups excluding carboxylic acids is 3. The number of urea groups is 1. The van der Waals surface area contributed by atoms with Crippen LogP contribution in [0.3, 0.4) is 0 Å². The number of para-hydroxylation sites is 1. The first kappa shape index (κ1) is 30.3. The van der Waals surface area contributed by atoms with Gasteiger partial charge >= 0.3 is 12.0 Å². The molecule has 1 atom stereocenters. The Bertz CT molecular complexity index is 1240. The highest BCUT2D eigenvalue weighted by Crippen LogP contribution is 2.35. The van der Waals surface area contributed by atoms with Gasteiger partial charge in [0.1, 0.15) is 6.04 Å². The first-order valence-corrected chi connectivity index (χ1v) is 14.2. The Hall–Kier alpha value is -3.21. The molecule has 1 heterocycles. The molecular formula is C27H30Cl2N4O5S. The second kappa shape index (κ2) is 14.3. The molecule has 208 valence electrons. The minimum Gasteiger partial charge on any atom is -0.480 e. The highest BCUT2D eigenvalue weighted by Gasteiger charge is 2.30. The van der Waals surface area contributed by atoms with Gasteiger partial charge in [0.05, 0.1) is 16.6 Å². The molecule has 0 bridgehead atoms. The smallest absolute Gasteiger partial charge is 0.328 e. The Morgan fingerprint density at radius 1 is 1.10 bits per heavy atom. The van der Waals surface area contributed by atoms with E-state index in [1.807, 2.05) is 18.4 Å². The maximum Gasteiger partial charge on any atom is 0.328 e.